The van der Waals surface area contributed by atoms with E-state index in [2.05, 4.69) is 10.2 Å². The fraction of sp³-hybridized carbons (Fsp3) is 1.00. The third kappa shape index (κ3) is 2.67. The first-order valence-corrected chi connectivity index (χ1v) is 7.47. The highest BCUT2D eigenvalue weighted by Gasteiger charge is 2.39. The summed E-state index contributed by atoms with van der Waals surface area (Å²) in [5.74, 6) is 0. The molecule has 0 aromatic carbocycles. The predicted molar refractivity (Wildman–Crippen MR) is 69.2 cm³/mol. The largest absolute Gasteiger partial charge is 0.372 e. The SMILES string of the molecule is C1CCC(N2CCOC3(CCNCC3)C2)CC1. The quantitative estimate of drug-likeness (QED) is 0.753. The monoisotopic (exact) mass is 238 g/mol. The molecule has 0 aromatic rings. The summed E-state index contributed by atoms with van der Waals surface area (Å²) in [7, 11) is 0. The van der Waals surface area contributed by atoms with E-state index in [0.29, 0.717) is 0 Å². The number of ether oxygens (including phenoxy) is 1. The fourth-order valence-corrected chi connectivity index (χ4v) is 3.82. The Bertz CT molecular complexity index is 239. The predicted octanol–water partition coefficient (Wildman–Crippen LogP) is 1.77. The molecular formula is C14H26N2O. The maximum Gasteiger partial charge on any atom is 0.0833 e. The minimum Gasteiger partial charge on any atom is -0.372 e. The molecule has 1 spiro atoms. The van der Waals surface area contributed by atoms with Crippen LogP contribution in [0.3, 0.4) is 0 Å². The number of piperidine rings is 1. The van der Waals surface area contributed by atoms with Crippen LogP contribution in [-0.2, 0) is 4.74 Å². The normalized spacial score (nSPS) is 31.8. The zero-order chi connectivity index (χ0) is 11.6. The minimum atomic E-state index is 0.195. The average Bonchev–Trinajstić information content (AvgIpc) is 2.41. The Morgan fingerprint density at radius 3 is 2.59 bits per heavy atom. The van der Waals surface area contributed by atoms with Gasteiger partial charge in [0.2, 0.25) is 0 Å². The molecule has 17 heavy (non-hydrogen) atoms. The summed E-state index contributed by atoms with van der Waals surface area (Å²) >= 11 is 0. The number of nitrogens with one attached hydrogen (secondary N) is 1. The summed E-state index contributed by atoms with van der Waals surface area (Å²) < 4.78 is 6.15. The Kier molecular flexibility index (Phi) is 3.69. The molecule has 1 N–H and O–H groups in total. The third-order valence-electron chi connectivity index (χ3n) is 4.88. The Balaban J connectivity index is 1.61. The van der Waals surface area contributed by atoms with Crippen LogP contribution in [0.15, 0.2) is 0 Å². The van der Waals surface area contributed by atoms with Gasteiger partial charge in [0.05, 0.1) is 12.2 Å². The van der Waals surface area contributed by atoms with Crippen molar-refractivity contribution in [2.45, 2.75) is 56.6 Å². The summed E-state index contributed by atoms with van der Waals surface area (Å²) in [6, 6.07) is 0.861. The maximum atomic E-state index is 6.15. The van der Waals surface area contributed by atoms with Crippen LogP contribution in [0.1, 0.15) is 44.9 Å². The van der Waals surface area contributed by atoms with E-state index in [-0.39, 0.29) is 5.60 Å². The van der Waals surface area contributed by atoms with Crippen LogP contribution in [0.2, 0.25) is 0 Å². The van der Waals surface area contributed by atoms with E-state index in [1.54, 1.807) is 0 Å². The van der Waals surface area contributed by atoms with Gasteiger partial charge in [-0.1, -0.05) is 19.3 Å². The maximum absolute atomic E-state index is 6.15. The van der Waals surface area contributed by atoms with E-state index < -0.39 is 0 Å². The molecule has 3 fully saturated rings. The molecule has 1 saturated carbocycles. The molecule has 98 valence electrons. The van der Waals surface area contributed by atoms with Gasteiger partial charge in [-0.15, -0.1) is 0 Å². The van der Waals surface area contributed by atoms with Gasteiger partial charge in [0, 0.05) is 19.1 Å². The molecule has 0 bridgehead atoms. The number of hydrogen-bond donors (Lipinski definition) is 1. The number of nitrogens with zero attached hydrogens (tertiary/aromatic N) is 1. The second kappa shape index (κ2) is 5.25. The van der Waals surface area contributed by atoms with Crippen molar-refractivity contribution in [3.8, 4) is 0 Å². The summed E-state index contributed by atoms with van der Waals surface area (Å²) in [6.07, 6.45) is 9.60. The Labute approximate surface area is 105 Å². The first-order valence-electron chi connectivity index (χ1n) is 7.47. The summed E-state index contributed by atoms with van der Waals surface area (Å²) in [4.78, 5) is 2.74. The highest BCUT2D eigenvalue weighted by molar-refractivity contribution is 4.93. The molecule has 2 heterocycles. The zero-order valence-electron chi connectivity index (χ0n) is 10.9. The molecule has 3 nitrogen and oxygen atoms in total. The van der Waals surface area contributed by atoms with Crippen LogP contribution in [-0.4, -0.2) is 49.3 Å². The standard InChI is InChI=1S/C14H26N2O/c1-2-4-13(5-3-1)16-10-11-17-14(12-16)6-8-15-9-7-14/h13,15H,1-12H2. The lowest BCUT2D eigenvalue weighted by Crippen LogP contribution is -2.58. The lowest BCUT2D eigenvalue weighted by atomic mass is 9.87. The summed E-state index contributed by atoms with van der Waals surface area (Å²) in [6.45, 7) is 5.59. The molecule has 3 heteroatoms. The molecule has 0 atom stereocenters. The molecule has 2 aliphatic heterocycles. The second-order valence-corrected chi connectivity index (χ2v) is 6.04. The lowest BCUT2D eigenvalue weighted by molar-refractivity contribution is -0.134. The van der Waals surface area contributed by atoms with Crippen molar-refractivity contribution in [3.05, 3.63) is 0 Å². The van der Waals surface area contributed by atoms with E-state index in [0.717, 1.165) is 25.7 Å². The number of rotatable bonds is 1. The third-order valence-corrected chi connectivity index (χ3v) is 4.88. The first-order chi connectivity index (χ1) is 8.38. The zero-order valence-corrected chi connectivity index (χ0v) is 10.9. The highest BCUT2D eigenvalue weighted by Crippen LogP contribution is 2.31. The molecule has 0 unspecified atom stereocenters. The summed E-state index contributed by atoms with van der Waals surface area (Å²) in [5, 5.41) is 3.45. The van der Waals surface area contributed by atoms with Gasteiger partial charge in [-0.25, -0.2) is 0 Å². The average molecular weight is 238 g/mol. The van der Waals surface area contributed by atoms with Gasteiger partial charge in [0.1, 0.15) is 0 Å². The van der Waals surface area contributed by atoms with Crippen molar-refractivity contribution in [2.75, 3.05) is 32.8 Å². The van der Waals surface area contributed by atoms with Crippen LogP contribution in [0, 0.1) is 0 Å². The van der Waals surface area contributed by atoms with Crippen molar-refractivity contribution in [2.24, 2.45) is 0 Å². The molecule has 1 aliphatic carbocycles. The van der Waals surface area contributed by atoms with E-state index in [1.165, 1.54) is 58.0 Å². The van der Waals surface area contributed by atoms with E-state index >= 15 is 0 Å². The molecule has 0 aromatic heterocycles. The topological polar surface area (TPSA) is 24.5 Å². The number of morpholine rings is 1. The molecule has 3 aliphatic rings. The molecule has 2 saturated heterocycles. The van der Waals surface area contributed by atoms with Crippen LogP contribution in [0.25, 0.3) is 0 Å². The van der Waals surface area contributed by atoms with Gasteiger partial charge in [0.15, 0.2) is 0 Å². The fourth-order valence-electron chi connectivity index (χ4n) is 3.82. The van der Waals surface area contributed by atoms with Gasteiger partial charge < -0.3 is 10.1 Å². The Morgan fingerprint density at radius 2 is 1.82 bits per heavy atom. The van der Waals surface area contributed by atoms with E-state index in [9.17, 15) is 0 Å². The van der Waals surface area contributed by atoms with Crippen molar-refractivity contribution in [1.82, 2.24) is 10.2 Å². The van der Waals surface area contributed by atoms with Crippen LogP contribution in [0.5, 0.6) is 0 Å². The first kappa shape index (κ1) is 11.9. The molecule has 3 rings (SSSR count). The molecule has 0 radical (unpaired) electrons. The molecular weight excluding hydrogens is 212 g/mol. The highest BCUT2D eigenvalue weighted by atomic mass is 16.5. The van der Waals surface area contributed by atoms with E-state index in [1.807, 2.05) is 0 Å². The lowest BCUT2D eigenvalue weighted by Gasteiger charge is -2.48. The minimum absolute atomic E-state index is 0.195. The van der Waals surface area contributed by atoms with Gasteiger partial charge in [-0.2, -0.15) is 0 Å². The van der Waals surface area contributed by atoms with Gasteiger partial charge in [-0.3, -0.25) is 4.90 Å². The Morgan fingerprint density at radius 1 is 1.06 bits per heavy atom. The van der Waals surface area contributed by atoms with Crippen molar-refractivity contribution in [3.63, 3.8) is 0 Å². The van der Waals surface area contributed by atoms with Crippen molar-refractivity contribution < 1.29 is 4.74 Å². The van der Waals surface area contributed by atoms with Gasteiger partial charge in [-0.05, 0) is 38.8 Å². The van der Waals surface area contributed by atoms with Crippen LogP contribution in [0.4, 0.5) is 0 Å². The molecule has 0 amide bonds. The van der Waals surface area contributed by atoms with Crippen LogP contribution >= 0.6 is 0 Å². The second-order valence-electron chi connectivity index (χ2n) is 6.04. The smallest absolute Gasteiger partial charge is 0.0833 e. The van der Waals surface area contributed by atoms with Crippen molar-refractivity contribution in [1.29, 1.82) is 0 Å². The van der Waals surface area contributed by atoms with Gasteiger partial charge in [0.25, 0.3) is 0 Å². The van der Waals surface area contributed by atoms with Gasteiger partial charge >= 0.3 is 0 Å². The summed E-state index contributed by atoms with van der Waals surface area (Å²) in [5.41, 5.74) is 0.195. The van der Waals surface area contributed by atoms with Crippen LogP contribution < -0.4 is 5.32 Å². The Hall–Kier alpha value is -0.120. The number of hydrogen-bond acceptors (Lipinski definition) is 3. The van der Waals surface area contributed by atoms with Crippen molar-refractivity contribution >= 4 is 0 Å². The van der Waals surface area contributed by atoms with E-state index in [4.69, 9.17) is 4.74 Å².